The number of unbranched alkanes of at least 4 members (excludes halogenated alkanes) is 4. The van der Waals surface area contributed by atoms with Crippen molar-refractivity contribution in [3.8, 4) is 0 Å². The molecule has 0 amide bonds. The SMILES string of the molecule is CCCCCCC(O)c1ccc([C@H]2C(O)C[C@@H](Cl)[C@@H]2CC=CCCCC(=O)O)cc1. The highest BCUT2D eigenvalue weighted by atomic mass is 35.5. The van der Waals surface area contributed by atoms with E-state index in [1.807, 2.05) is 30.3 Å². The van der Waals surface area contributed by atoms with Crippen LogP contribution in [0.25, 0.3) is 0 Å². The standard InChI is InChI=1S/C25H37ClO4/c1-2-3-4-8-11-22(27)18-13-15-19(16-14-18)25-20(21(26)17-23(25)28)10-7-5-6-9-12-24(29)30/h5,7,13-16,20-23,25,27-28H,2-4,6,8-12,17H2,1H3,(H,29,30)/t20-,21+,22?,23?,25+/m0/s1. The second-order valence-electron chi connectivity index (χ2n) is 8.53. The highest BCUT2D eigenvalue weighted by molar-refractivity contribution is 6.21. The monoisotopic (exact) mass is 436 g/mol. The fourth-order valence-electron chi connectivity index (χ4n) is 4.44. The summed E-state index contributed by atoms with van der Waals surface area (Å²) in [6.07, 6.45) is 11.5. The van der Waals surface area contributed by atoms with Gasteiger partial charge < -0.3 is 15.3 Å². The lowest BCUT2D eigenvalue weighted by molar-refractivity contribution is -0.137. The average Bonchev–Trinajstić information content (AvgIpc) is 3.00. The van der Waals surface area contributed by atoms with Crippen LogP contribution in [0.3, 0.4) is 0 Å². The number of aliphatic hydroxyl groups is 2. The third-order valence-corrected chi connectivity index (χ3v) is 6.68. The van der Waals surface area contributed by atoms with Crippen LogP contribution in [-0.4, -0.2) is 32.8 Å². The molecule has 0 aliphatic heterocycles. The van der Waals surface area contributed by atoms with E-state index in [1.165, 1.54) is 12.8 Å². The van der Waals surface area contributed by atoms with Gasteiger partial charge in [0.1, 0.15) is 0 Å². The van der Waals surface area contributed by atoms with Gasteiger partial charge in [-0.15, -0.1) is 11.6 Å². The van der Waals surface area contributed by atoms with Gasteiger partial charge >= 0.3 is 5.97 Å². The summed E-state index contributed by atoms with van der Waals surface area (Å²) in [5.74, 6) is -0.646. The van der Waals surface area contributed by atoms with Crippen molar-refractivity contribution in [1.29, 1.82) is 0 Å². The Kier molecular flexibility index (Phi) is 10.9. The zero-order chi connectivity index (χ0) is 21.9. The Bertz CT molecular complexity index is 658. The van der Waals surface area contributed by atoms with Gasteiger partial charge in [-0.3, -0.25) is 4.79 Å². The molecule has 2 unspecified atom stereocenters. The molecule has 0 aromatic heterocycles. The van der Waals surface area contributed by atoms with Crippen LogP contribution in [0, 0.1) is 5.92 Å². The maximum Gasteiger partial charge on any atom is 0.303 e. The van der Waals surface area contributed by atoms with Crippen molar-refractivity contribution in [2.75, 3.05) is 0 Å². The third-order valence-electron chi connectivity index (χ3n) is 6.18. The molecule has 1 aliphatic carbocycles. The lowest BCUT2D eigenvalue weighted by atomic mass is 9.84. The van der Waals surface area contributed by atoms with Crippen molar-refractivity contribution in [3.63, 3.8) is 0 Å². The summed E-state index contributed by atoms with van der Waals surface area (Å²) in [5.41, 5.74) is 2.00. The van der Waals surface area contributed by atoms with Crippen LogP contribution in [-0.2, 0) is 4.79 Å². The van der Waals surface area contributed by atoms with E-state index in [4.69, 9.17) is 16.7 Å². The molecule has 4 nitrogen and oxygen atoms in total. The van der Waals surface area contributed by atoms with Gasteiger partial charge in [0.25, 0.3) is 0 Å². The van der Waals surface area contributed by atoms with Crippen LogP contribution in [0.5, 0.6) is 0 Å². The fourth-order valence-corrected chi connectivity index (χ4v) is 4.88. The first kappa shape index (κ1) is 24.9. The van der Waals surface area contributed by atoms with E-state index >= 15 is 0 Å². The van der Waals surface area contributed by atoms with Gasteiger partial charge in [-0.2, -0.15) is 0 Å². The lowest BCUT2D eigenvalue weighted by Gasteiger charge is -2.23. The second-order valence-corrected chi connectivity index (χ2v) is 9.09. The number of aliphatic carboxylic acids is 1. The van der Waals surface area contributed by atoms with Gasteiger partial charge in [0.05, 0.1) is 12.2 Å². The van der Waals surface area contributed by atoms with Crippen LogP contribution in [0.1, 0.15) is 94.3 Å². The average molecular weight is 437 g/mol. The van der Waals surface area contributed by atoms with Gasteiger partial charge in [-0.25, -0.2) is 0 Å². The Morgan fingerprint density at radius 3 is 2.57 bits per heavy atom. The Hall–Kier alpha value is -1.36. The largest absolute Gasteiger partial charge is 0.481 e. The number of aliphatic hydroxyl groups excluding tert-OH is 2. The van der Waals surface area contributed by atoms with Crippen LogP contribution >= 0.6 is 11.6 Å². The number of hydrogen-bond acceptors (Lipinski definition) is 3. The number of carbonyl (C=O) groups is 1. The van der Waals surface area contributed by atoms with Crippen molar-refractivity contribution in [2.45, 2.75) is 94.6 Å². The molecule has 0 bridgehead atoms. The van der Waals surface area contributed by atoms with Gasteiger partial charge in [0, 0.05) is 17.7 Å². The van der Waals surface area contributed by atoms with Crippen molar-refractivity contribution in [2.24, 2.45) is 5.92 Å². The van der Waals surface area contributed by atoms with Crippen LogP contribution in [0.2, 0.25) is 0 Å². The highest BCUT2D eigenvalue weighted by Crippen LogP contribution is 2.45. The molecule has 5 heteroatoms. The summed E-state index contributed by atoms with van der Waals surface area (Å²) in [6, 6.07) is 8.01. The molecule has 168 valence electrons. The molecule has 3 N–H and O–H groups in total. The van der Waals surface area contributed by atoms with Crippen molar-refractivity contribution < 1.29 is 20.1 Å². The highest BCUT2D eigenvalue weighted by Gasteiger charge is 2.41. The summed E-state index contributed by atoms with van der Waals surface area (Å²) in [6.45, 7) is 2.18. The fraction of sp³-hybridized carbons (Fsp3) is 0.640. The molecule has 1 aromatic rings. The van der Waals surface area contributed by atoms with Crippen molar-refractivity contribution >= 4 is 17.6 Å². The number of carboxylic acids is 1. The number of rotatable bonds is 13. The Labute approximate surface area is 186 Å². The zero-order valence-electron chi connectivity index (χ0n) is 18.0. The number of allylic oxidation sites excluding steroid dienone is 2. The van der Waals surface area contributed by atoms with Gasteiger partial charge in [-0.1, -0.05) is 69.0 Å². The maximum absolute atomic E-state index is 10.6. The van der Waals surface area contributed by atoms with E-state index in [0.29, 0.717) is 12.8 Å². The summed E-state index contributed by atoms with van der Waals surface area (Å²) >= 11 is 6.55. The lowest BCUT2D eigenvalue weighted by Crippen LogP contribution is -2.18. The zero-order valence-corrected chi connectivity index (χ0v) is 18.8. The van der Waals surface area contributed by atoms with E-state index in [0.717, 1.165) is 43.2 Å². The second kappa shape index (κ2) is 13.1. The third kappa shape index (κ3) is 7.72. The van der Waals surface area contributed by atoms with E-state index < -0.39 is 18.2 Å². The van der Waals surface area contributed by atoms with E-state index in [2.05, 4.69) is 13.0 Å². The van der Waals surface area contributed by atoms with Gasteiger partial charge in [-0.05, 0) is 49.1 Å². The number of halogens is 1. The molecule has 2 rings (SSSR count). The molecule has 1 aliphatic rings. The smallest absolute Gasteiger partial charge is 0.303 e. The van der Waals surface area contributed by atoms with Gasteiger partial charge in [0.2, 0.25) is 0 Å². The van der Waals surface area contributed by atoms with E-state index in [-0.39, 0.29) is 23.6 Å². The van der Waals surface area contributed by atoms with Crippen LogP contribution in [0.15, 0.2) is 36.4 Å². The minimum Gasteiger partial charge on any atom is -0.481 e. The van der Waals surface area contributed by atoms with Gasteiger partial charge in [0.15, 0.2) is 0 Å². The van der Waals surface area contributed by atoms with Crippen LogP contribution < -0.4 is 0 Å². The van der Waals surface area contributed by atoms with Crippen molar-refractivity contribution in [1.82, 2.24) is 0 Å². The summed E-state index contributed by atoms with van der Waals surface area (Å²) in [4.78, 5) is 10.6. The number of alkyl halides is 1. The first-order chi connectivity index (χ1) is 14.4. The Morgan fingerprint density at radius 1 is 1.17 bits per heavy atom. The molecule has 0 heterocycles. The molecular weight excluding hydrogens is 400 g/mol. The number of carboxylic acid groups (broad SMARTS) is 1. The number of benzene rings is 1. The molecule has 5 atom stereocenters. The molecule has 30 heavy (non-hydrogen) atoms. The maximum atomic E-state index is 10.6. The predicted octanol–water partition coefficient (Wildman–Crippen LogP) is 5.96. The van der Waals surface area contributed by atoms with Crippen LogP contribution in [0.4, 0.5) is 0 Å². The van der Waals surface area contributed by atoms with E-state index in [1.54, 1.807) is 0 Å². The minimum atomic E-state index is -0.766. The Morgan fingerprint density at radius 2 is 1.90 bits per heavy atom. The molecule has 1 aromatic carbocycles. The molecule has 1 saturated carbocycles. The first-order valence-corrected chi connectivity index (χ1v) is 11.8. The van der Waals surface area contributed by atoms with Crippen molar-refractivity contribution in [3.05, 3.63) is 47.5 Å². The molecule has 1 fully saturated rings. The Balaban J connectivity index is 1.94. The molecule has 0 spiro atoms. The first-order valence-electron chi connectivity index (χ1n) is 11.4. The molecule has 0 radical (unpaired) electrons. The minimum absolute atomic E-state index is 0.0214. The summed E-state index contributed by atoms with van der Waals surface area (Å²) in [7, 11) is 0. The topological polar surface area (TPSA) is 77.8 Å². The summed E-state index contributed by atoms with van der Waals surface area (Å²) in [5, 5.41) is 29.6. The normalized spacial score (nSPS) is 25.1. The number of hydrogen-bond donors (Lipinski definition) is 3. The predicted molar refractivity (Wildman–Crippen MR) is 122 cm³/mol. The molecule has 0 saturated heterocycles. The molecular formula is C25H37ClO4. The van der Waals surface area contributed by atoms with E-state index in [9.17, 15) is 15.0 Å². The summed E-state index contributed by atoms with van der Waals surface area (Å²) < 4.78 is 0. The quantitative estimate of drug-likeness (QED) is 0.202.